The Morgan fingerprint density at radius 2 is 1.51 bits per heavy atom. The van der Waals surface area contributed by atoms with Gasteiger partial charge in [-0.2, -0.15) is 0 Å². The van der Waals surface area contributed by atoms with Crippen LogP contribution in [0.2, 0.25) is 0 Å². The molecule has 2 atom stereocenters. The molecule has 3 saturated carbocycles. The van der Waals surface area contributed by atoms with Crippen molar-refractivity contribution in [3.05, 3.63) is 41.6 Å². The average Bonchev–Trinajstić information content (AvgIpc) is 3.37. The third-order valence-electron chi connectivity index (χ3n) is 9.72. The molecule has 3 aliphatic carbocycles. The predicted molar refractivity (Wildman–Crippen MR) is 152 cm³/mol. The molecule has 2 unspecified atom stereocenters. The number of carbonyl (C=O) groups is 2. The van der Waals surface area contributed by atoms with Gasteiger partial charge in [0.05, 0.1) is 10.9 Å². The van der Waals surface area contributed by atoms with Crippen LogP contribution in [-0.2, 0) is 14.8 Å². The zero-order chi connectivity index (χ0) is 27.6. The van der Waals surface area contributed by atoms with Crippen molar-refractivity contribution in [2.75, 3.05) is 20.6 Å². The van der Waals surface area contributed by atoms with Crippen molar-refractivity contribution in [2.24, 2.45) is 23.7 Å². The summed E-state index contributed by atoms with van der Waals surface area (Å²) >= 11 is 0. The summed E-state index contributed by atoms with van der Waals surface area (Å²) < 4.78 is 29.3. The van der Waals surface area contributed by atoms with E-state index in [1.54, 1.807) is 47.6 Å². The standard InChI is InChI=1S/C31H45N3O4S/c1-33(2)31(36)25-14-12-22(13-15-25)20-32-30(35)24-16-18-26(19-17-24)39(37,38)34-21-28(23-8-4-3-5-9-23)27-10-6-7-11-29(27)34/h16-19,21-23,25,27,29H,3-15,20H2,1-2H3,(H,32,35). The molecule has 1 aliphatic heterocycles. The summed E-state index contributed by atoms with van der Waals surface area (Å²) in [6.45, 7) is 0.577. The van der Waals surface area contributed by atoms with Gasteiger partial charge in [-0.1, -0.05) is 32.1 Å². The first-order chi connectivity index (χ1) is 18.8. The highest BCUT2D eigenvalue weighted by atomic mass is 32.2. The van der Waals surface area contributed by atoms with Crippen molar-refractivity contribution >= 4 is 21.8 Å². The first kappa shape index (κ1) is 28.2. The lowest BCUT2D eigenvalue weighted by Crippen LogP contribution is -2.39. The van der Waals surface area contributed by atoms with E-state index in [2.05, 4.69) is 5.32 Å². The van der Waals surface area contributed by atoms with Crippen LogP contribution in [0.25, 0.3) is 0 Å². The molecule has 39 heavy (non-hydrogen) atoms. The lowest BCUT2D eigenvalue weighted by molar-refractivity contribution is -0.134. The molecule has 0 radical (unpaired) electrons. The van der Waals surface area contributed by atoms with E-state index in [4.69, 9.17) is 0 Å². The molecule has 7 nitrogen and oxygen atoms in total. The zero-order valence-electron chi connectivity index (χ0n) is 23.6. The second-order valence-electron chi connectivity index (χ2n) is 12.4. The van der Waals surface area contributed by atoms with Crippen LogP contribution in [0, 0.1) is 23.7 Å². The lowest BCUT2D eigenvalue weighted by atomic mass is 9.74. The number of sulfonamides is 1. The molecule has 2 amide bonds. The van der Waals surface area contributed by atoms with Gasteiger partial charge < -0.3 is 10.2 Å². The van der Waals surface area contributed by atoms with E-state index in [0.717, 1.165) is 44.9 Å². The predicted octanol–water partition coefficient (Wildman–Crippen LogP) is 5.34. The highest BCUT2D eigenvalue weighted by Gasteiger charge is 2.44. The van der Waals surface area contributed by atoms with Crippen molar-refractivity contribution in [3.63, 3.8) is 0 Å². The van der Waals surface area contributed by atoms with Gasteiger partial charge >= 0.3 is 0 Å². The molecule has 4 aliphatic rings. The number of nitrogens with zero attached hydrogens (tertiary/aromatic N) is 2. The van der Waals surface area contributed by atoms with Crippen LogP contribution >= 0.6 is 0 Å². The van der Waals surface area contributed by atoms with Gasteiger partial charge in [0.1, 0.15) is 0 Å². The van der Waals surface area contributed by atoms with Gasteiger partial charge in [-0.25, -0.2) is 8.42 Å². The minimum atomic E-state index is -3.68. The van der Waals surface area contributed by atoms with Crippen molar-refractivity contribution in [3.8, 4) is 0 Å². The van der Waals surface area contributed by atoms with Gasteiger partial charge in [0.2, 0.25) is 5.91 Å². The normalized spacial score (nSPS) is 27.9. The SMILES string of the molecule is CN(C)C(=O)C1CCC(CNC(=O)c2ccc(S(=O)(=O)N3C=C(C4CCCCC4)C4CCCCC43)cc2)CC1. The third kappa shape index (κ3) is 6.06. The van der Waals surface area contributed by atoms with Crippen LogP contribution < -0.4 is 5.32 Å². The van der Waals surface area contributed by atoms with Crippen molar-refractivity contribution in [2.45, 2.75) is 94.4 Å². The van der Waals surface area contributed by atoms with Crippen LogP contribution in [0.5, 0.6) is 0 Å². The summed E-state index contributed by atoms with van der Waals surface area (Å²) in [5, 5.41) is 3.02. The van der Waals surface area contributed by atoms with Gasteiger partial charge in [-0.05, 0) is 93.0 Å². The Morgan fingerprint density at radius 1 is 0.872 bits per heavy atom. The minimum absolute atomic E-state index is 0.0340. The average molecular weight is 556 g/mol. The number of nitrogens with one attached hydrogen (secondary N) is 1. The topological polar surface area (TPSA) is 86.8 Å². The smallest absolute Gasteiger partial charge is 0.264 e. The Bertz CT molecular complexity index is 1160. The minimum Gasteiger partial charge on any atom is -0.352 e. The van der Waals surface area contributed by atoms with Crippen LogP contribution in [0.1, 0.15) is 93.8 Å². The van der Waals surface area contributed by atoms with E-state index in [1.807, 2.05) is 6.20 Å². The number of carbonyl (C=O) groups excluding carboxylic acids is 2. The van der Waals surface area contributed by atoms with E-state index in [0.29, 0.717) is 29.9 Å². The number of rotatable bonds is 7. The highest BCUT2D eigenvalue weighted by Crippen LogP contribution is 2.47. The van der Waals surface area contributed by atoms with Crippen LogP contribution in [0.15, 0.2) is 40.9 Å². The second-order valence-corrected chi connectivity index (χ2v) is 14.3. The van der Waals surface area contributed by atoms with E-state index in [1.165, 1.54) is 44.1 Å². The maximum atomic E-state index is 13.8. The summed E-state index contributed by atoms with van der Waals surface area (Å²) in [4.78, 5) is 27.0. The molecular formula is C31H45N3O4S. The molecule has 3 fully saturated rings. The maximum absolute atomic E-state index is 13.8. The van der Waals surface area contributed by atoms with E-state index in [-0.39, 0.29) is 28.7 Å². The summed E-state index contributed by atoms with van der Waals surface area (Å²) in [7, 11) is -0.0767. The molecule has 5 rings (SSSR count). The Morgan fingerprint density at radius 3 is 2.18 bits per heavy atom. The number of fused-ring (bicyclic) bond motifs is 1. The van der Waals surface area contributed by atoms with E-state index >= 15 is 0 Å². The highest BCUT2D eigenvalue weighted by molar-refractivity contribution is 7.89. The molecule has 0 aromatic heterocycles. The summed E-state index contributed by atoms with van der Waals surface area (Å²) in [6.07, 6.45) is 16.0. The van der Waals surface area contributed by atoms with Crippen molar-refractivity contribution in [1.82, 2.24) is 14.5 Å². The van der Waals surface area contributed by atoms with Gasteiger partial charge in [0.15, 0.2) is 0 Å². The molecule has 1 aromatic rings. The molecular weight excluding hydrogens is 510 g/mol. The van der Waals surface area contributed by atoms with Gasteiger partial charge in [-0.3, -0.25) is 13.9 Å². The third-order valence-corrected chi connectivity index (χ3v) is 11.5. The van der Waals surface area contributed by atoms with Crippen molar-refractivity contribution < 1.29 is 18.0 Å². The maximum Gasteiger partial charge on any atom is 0.264 e. The second kappa shape index (κ2) is 12.0. The number of hydrogen-bond donors (Lipinski definition) is 1. The summed E-state index contributed by atoms with van der Waals surface area (Å²) in [5.74, 6) is 1.36. The summed E-state index contributed by atoms with van der Waals surface area (Å²) in [5.41, 5.74) is 1.85. The fourth-order valence-electron chi connectivity index (χ4n) is 7.45. The molecule has 0 bridgehead atoms. The molecule has 1 heterocycles. The zero-order valence-corrected chi connectivity index (χ0v) is 24.4. The summed E-state index contributed by atoms with van der Waals surface area (Å²) in [6, 6.07) is 6.48. The van der Waals surface area contributed by atoms with Gasteiger partial charge in [0.25, 0.3) is 15.9 Å². The quantitative estimate of drug-likeness (QED) is 0.492. The molecule has 0 spiro atoms. The molecule has 214 valence electrons. The van der Waals surface area contributed by atoms with E-state index < -0.39 is 10.0 Å². The fraction of sp³-hybridized carbons (Fsp3) is 0.677. The van der Waals surface area contributed by atoms with Crippen LogP contribution in [0.4, 0.5) is 0 Å². The Labute approximate surface area is 234 Å². The van der Waals surface area contributed by atoms with Gasteiger partial charge in [0, 0.05) is 44.2 Å². The Kier molecular flexibility index (Phi) is 8.69. The number of hydrogen-bond acceptors (Lipinski definition) is 4. The first-order valence-electron chi connectivity index (χ1n) is 15.1. The molecule has 0 saturated heterocycles. The lowest BCUT2D eigenvalue weighted by Gasteiger charge is -2.35. The molecule has 1 N–H and O–H groups in total. The Balaban J connectivity index is 1.21. The largest absolute Gasteiger partial charge is 0.352 e. The van der Waals surface area contributed by atoms with Crippen LogP contribution in [-0.4, -0.2) is 56.1 Å². The molecule has 8 heteroatoms. The number of amides is 2. The monoisotopic (exact) mass is 555 g/mol. The number of benzene rings is 1. The van der Waals surface area contributed by atoms with Crippen LogP contribution in [0.3, 0.4) is 0 Å². The molecule has 1 aromatic carbocycles. The Hall–Kier alpha value is -2.35. The van der Waals surface area contributed by atoms with E-state index in [9.17, 15) is 18.0 Å². The van der Waals surface area contributed by atoms with Gasteiger partial charge in [-0.15, -0.1) is 0 Å². The fourth-order valence-corrected chi connectivity index (χ4v) is 9.05. The van der Waals surface area contributed by atoms with Crippen molar-refractivity contribution in [1.29, 1.82) is 0 Å². The first-order valence-corrected chi connectivity index (χ1v) is 16.5.